The number of ether oxygens (including phenoxy) is 4. The lowest BCUT2D eigenvalue weighted by Gasteiger charge is -2.42. The molecule has 11 nitrogen and oxygen atoms in total. The maximum Gasteiger partial charge on any atom is 0.488 e. The van der Waals surface area contributed by atoms with Gasteiger partial charge in [-0.2, -0.15) is 0 Å². The van der Waals surface area contributed by atoms with Crippen molar-refractivity contribution in [3.05, 3.63) is 42.7 Å². The number of piperidine rings is 1. The van der Waals surface area contributed by atoms with E-state index in [-0.39, 0.29) is 41.6 Å². The first kappa shape index (κ1) is 51.1. The molecule has 0 saturated carbocycles. The van der Waals surface area contributed by atoms with E-state index in [1.165, 1.54) is 13.2 Å². The molecule has 1 aromatic carbocycles. The van der Waals surface area contributed by atoms with Gasteiger partial charge in [-0.05, 0) is 60.8 Å². The van der Waals surface area contributed by atoms with Gasteiger partial charge >= 0.3 is 16.5 Å². The molecule has 3 fully saturated rings. The van der Waals surface area contributed by atoms with E-state index < -0.39 is 64.6 Å². The number of rotatable bonds is 10. The molecule has 0 aromatic heterocycles. The molecule has 0 spiro atoms. The van der Waals surface area contributed by atoms with Crippen LogP contribution in [-0.4, -0.2) is 90.1 Å². The number of allylic oxidation sites excluding steroid dienone is 1. The lowest BCUT2D eigenvalue weighted by molar-refractivity contribution is -0.198. The zero-order valence-corrected chi connectivity index (χ0v) is 27.7. The molecule has 3 aliphatic heterocycles. The zero-order valence-electron chi connectivity index (χ0n) is 25.9. The smallest absolute Gasteiger partial charge is 0.488 e. The van der Waals surface area contributed by atoms with E-state index in [1.807, 2.05) is 38.7 Å². The van der Waals surface area contributed by atoms with Crippen LogP contribution in [0.1, 0.15) is 83.1 Å². The summed E-state index contributed by atoms with van der Waals surface area (Å²) in [5, 5.41) is 0. The van der Waals surface area contributed by atoms with Gasteiger partial charge in [0, 0.05) is 32.2 Å². The average Bonchev–Trinajstić information content (AvgIpc) is 3.43. The van der Waals surface area contributed by atoms with Gasteiger partial charge in [0.15, 0.2) is 12.2 Å². The number of hydrogen-bond donors (Lipinski definition) is 0. The highest BCUT2D eigenvalue weighted by atomic mass is 31.1. The van der Waals surface area contributed by atoms with E-state index in [1.54, 1.807) is 18.2 Å². The Morgan fingerprint density at radius 2 is 1.35 bits per heavy atom. The molecule has 4 radical (unpaired) electrons. The van der Waals surface area contributed by atoms with E-state index in [0.717, 1.165) is 0 Å². The van der Waals surface area contributed by atoms with Crippen LogP contribution < -0.4 is 14.7 Å². The second kappa shape index (κ2) is 24.8. The van der Waals surface area contributed by atoms with Crippen LogP contribution in [0.5, 0.6) is 0 Å². The summed E-state index contributed by atoms with van der Waals surface area (Å²) in [4.78, 5) is 23.5. The minimum atomic E-state index is -3.04. The van der Waals surface area contributed by atoms with Gasteiger partial charge in [-0.15, -0.1) is 15.6 Å². The molecule has 3 heterocycles. The highest BCUT2D eigenvalue weighted by molar-refractivity contribution is 7.30. The predicted molar refractivity (Wildman–Crippen MR) is 189 cm³/mol. The van der Waals surface area contributed by atoms with Crippen LogP contribution in [-0.2, 0) is 37.1 Å². The summed E-state index contributed by atoms with van der Waals surface area (Å²) >= 11 is 0. The fraction of sp³-hybridized carbons (Fsp3) is 0.750. The quantitative estimate of drug-likeness (QED) is 0.167. The molecule has 6 unspecified atom stereocenters. The van der Waals surface area contributed by atoms with Crippen molar-refractivity contribution in [2.45, 2.75) is 137 Å². The molecule has 274 valence electrons. The molecule has 48 heavy (non-hydrogen) atoms. The molecule has 3 aliphatic rings. The number of benzene rings is 1. The Kier molecular flexibility index (Phi) is 26.4. The lowest BCUT2D eigenvalue weighted by atomic mass is 9.89. The van der Waals surface area contributed by atoms with Crippen molar-refractivity contribution in [2.24, 2.45) is 0 Å². The Hall–Kier alpha value is -1.30. The summed E-state index contributed by atoms with van der Waals surface area (Å²) in [5.74, 6) is -0.244. The molecule has 16 heteroatoms. The van der Waals surface area contributed by atoms with Crippen molar-refractivity contribution >= 4 is 37.9 Å². The summed E-state index contributed by atoms with van der Waals surface area (Å²) in [7, 11) is 7.14. The van der Waals surface area contributed by atoms with Gasteiger partial charge in [-0.1, -0.05) is 61.8 Å². The van der Waals surface area contributed by atoms with Crippen molar-refractivity contribution in [3.8, 4) is 0 Å². The first-order valence-corrected chi connectivity index (χ1v) is 16.7. The van der Waals surface area contributed by atoms with Gasteiger partial charge in [-0.25, -0.2) is 4.39 Å². The summed E-state index contributed by atoms with van der Waals surface area (Å²) in [6, 6.07) is 5.31. The van der Waals surface area contributed by atoms with Gasteiger partial charge < -0.3 is 33.6 Å². The Labute approximate surface area is 294 Å². The number of methoxy groups -OCH3 is 1. The first-order valence-electron chi connectivity index (χ1n) is 14.6. The topological polar surface area (TPSA) is 139 Å². The van der Waals surface area contributed by atoms with Crippen molar-refractivity contribution in [1.29, 1.82) is 0 Å². The maximum atomic E-state index is 14.0. The van der Waals surface area contributed by atoms with Gasteiger partial charge in [0.2, 0.25) is 0 Å². The zero-order chi connectivity index (χ0) is 33.0. The average molecular weight is 719 g/mol. The molecule has 0 N–H and O–H groups in total. The van der Waals surface area contributed by atoms with Crippen molar-refractivity contribution in [1.82, 2.24) is 0 Å². The van der Waals surface area contributed by atoms with E-state index >= 15 is 0 Å². The largest absolute Gasteiger partial charge is 0.566 e. The highest BCUT2D eigenvalue weighted by Gasteiger charge is 2.49. The molecule has 0 aliphatic carbocycles. The molecule has 0 amide bonds. The third kappa shape index (κ3) is 14.5. The van der Waals surface area contributed by atoms with Crippen LogP contribution in [0.25, 0.3) is 0 Å². The third-order valence-electron chi connectivity index (χ3n) is 7.62. The van der Waals surface area contributed by atoms with Gasteiger partial charge in [-0.3, -0.25) is 0 Å². The van der Waals surface area contributed by atoms with Crippen LogP contribution in [0.15, 0.2) is 36.9 Å². The normalized spacial score (nSPS) is 29.0. The summed E-state index contributed by atoms with van der Waals surface area (Å²) in [6.45, 7) is 12.2. The standard InChI is InChI=1S/C18H24BFNO5P.C7H12BO5P.C3H6.4CH4/c1-3-14-15(26-27(22)23)16(17(19)24-14)25-18(2)8-10-21(11-9-18)13-7-5-4-6-12(13)20;1-3-4-5(13-14(9)10)6(11-2)7(8)12-4;1-3-2;;;;/h4-7,14-17H,3,8-11H2,1-2H3;4-7H,3H2,1-2H3;3H,1H2,2H3;4*1H4/t14-,15?,16?,17-;4-,5?,6?,7-;;;;;/m11...../s1. The van der Waals surface area contributed by atoms with Crippen molar-refractivity contribution in [3.63, 3.8) is 0 Å². The van der Waals surface area contributed by atoms with Crippen LogP contribution >= 0.6 is 16.5 Å². The van der Waals surface area contributed by atoms with Gasteiger partial charge in [0.25, 0.3) is 0 Å². The molecule has 0 bridgehead atoms. The Morgan fingerprint density at radius 1 is 0.938 bits per heavy atom. The second-order valence-corrected chi connectivity index (χ2v) is 12.1. The first-order chi connectivity index (χ1) is 20.8. The molecular weight excluding hydrogens is 661 g/mol. The lowest BCUT2D eigenvalue weighted by Crippen LogP contribution is -2.50. The Morgan fingerprint density at radius 3 is 1.75 bits per heavy atom. The maximum absolute atomic E-state index is 14.0. The second-order valence-electron chi connectivity index (χ2n) is 10.8. The molecule has 4 rings (SSSR count). The minimum Gasteiger partial charge on any atom is -0.566 e. The monoisotopic (exact) mass is 719 g/mol. The number of hydrogen-bond acceptors (Lipinski definition) is 11. The number of halogens is 1. The minimum absolute atomic E-state index is 0. The number of anilines is 1. The predicted octanol–water partition coefficient (Wildman–Crippen LogP) is 5.72. The van der Waals surface area contributed by atoms with Crippen LogP contribution in [0.3, 0.4) is 0 Å². The van der Waals surface area contributed by atoms with E-state index in [9.17, 15) is 23.3 Å². The molecule has 10 atom stereocenters. The SMILES string of the molecule is C.C.C.C.C=CC.[B][C@@H]1O[C@H](CC)C(O[P+](=O)[O-])C1OC.[B][C@@H]1O[C@H](CC)C(O[P+](=O)[O-])C1OC1(C)CCN(c2ccccc2F)CC1. The summed E-state index contributed by atoms with van der Waals surface area (Å²) in [5.41, 5.74) is 0.0580. The fourth-order valence-electron chi connectivity index (χ4n) is 5.40. The number of nitrogens with zero attached hydrogens (tertiary/aromatic N) is 1. The fourth-order valence-corrected chi connectivity index (χ4v) is 6.31. The van der Waals surface area contributed by atoms with E-state index in [0.29, 0.717) is 44.5 Å². The Bertz CT molecular complexity index is 1070. The van der Waals surface area contributed by atoms with E-state index in [4.69, 9.17) is 43.7 Å². The van der Waals surface area contributed by atoms with Gasteiger partial charge in [0.05, 0.1) is 23.5 Å². The van der Waals surface area contributed by atoms with Crippen LogP contribution in [0, 0.1) is 5.82 Å². The molecular formula is C32H58B2FNO10P2. The van der Waals surface area contributed by atoms with Crippen molar-refractivity contribution < 1.29 is 51.3 Å². The van der Waals surface area contributed by atoms with E-state index in [2.05, 4.69) is 6.58 Å². The third-order valence-corrected chi connectivity index (χ3v) is 8.45. The highest BCUT2D eigenvalue weighted by Crippen LogP contribution is 2.38. The van der Waals surface area contributed by atoms with Crippen molar-refractivity contribution in [2.75, 3.05) is 25.1 Å². The summed E-state index contributed by atoms with van der Waals surface area (Å²) in [6.07, 6.45) is 0.882. The van der Waals surface area contributed by atoms with Crippen LogP contribution in [0.2, 0.25) is 0 Å². The molecule has 3 saturated heterocycles. The van der Waals surface area contributed by atoms with Crippen LogP contribution in [0.4, 0.5) is 10.1 Å². The van der Waals surface area contributed by atoms with Gasteiger partial charge in [0.1, 0.15) is 33.7 Å². The Balaban J connectivity index is -0.000000827. The number of para-hydroxylation sites is 1. The molecule has 1 aromatic rings. The summed E-state index contributed by atoms with van der Waals surface area (Å²) < 4.78 is 67.5.